The summed E-state index contributed by atoms with van der Waals surface area (Å²) in [5.41, 5.74) is 6.55. The van der Waals surface area contributed by atoms with Gasteiger partial charge in [-0.2, -0.15) is 0 Å². The molecule has 0 saturated heterocycles. The summed E-state index contributed by atoms with van der Waals surface area (Å²) in [6.07, 6.45) is 0. The third-order valence-corrected chi connectivity index (χ3v) is 1.69. The van der Waals surface area contributed by atoms with E-state index in [2.05, 4.69) is 11.7 Å². The van der Waals surface area contributed by atoms with Gasteiger partial charge in [0.25, 0.3) is 0 Å². The van der Waals surface area contributed by atoms with Gasteiger partial charge in [0.15, 0.2) is 17.5 Å². The summed E-state index contributed by atoms with van der Waals surface area (Å²) in [6.45, 7) is 5.60. The second-order valence-corrected chi connectivity index (χ2v) is 3.34. The van der Waals surface area contributed by atoms with E-state index in [-0.39, 0.29) is 18.0 Å². The van der Waals surface area contributed by atoms with Crippen LogP contribution in [-0.2, 0) is 4.84 Å². The highest BCUT2D eigenvalue weighted by Crippen LogP contribution is 2.08. The molecular weight excluding hydrogens is 214 g/mol. The first kappa shape index (κ1) is 12.2. The standard InChI is InChI=1S/C11H12F2N2O/c1-7(2)6-16-15-11(14)8-3-4-9(12)10(13)5-8/h3-5H,1,6H2,2H3,(H2,14,15). The molecule has 5 heteroatoms. The number of benzene rings is 1. The number of nitrogens with zero attached hydrogens (tertiary/aromatic N) is 1. The summed E-state index contributed by atoms with van der Waals surface area (Å²) in [4.78, 5) is 4.83. The average molecular weight is 226 g/mol. The Balaban J connectivity index is 2.75. The average Bonchev–Trinajstić information content (AvgIpc) is 2.21. The van der Waals surface area contributed by atoms with Crippen LogP contribution in [0.25, 0.3) is 0 Å². The van der Waals surface area contributed by atoms with Crippen molar-refractivity contribution in [3.05, 3.63) is 47.5 Å². The monoisotopic (exact) mass is 226 g/mol. The topological polar surface area (TPSA) is 47.6 Å². The molecule has 0 fully saturated rings. The maximum Gasteiger partial charge on any atom is 0.170 e. The highest BCUT2D eigenvalue weighted by molar-refractivity contribution is 5.97. The minimum Gasteiger partial charge on any atom is -0.390 e. The van der Waals surface area contributed by atoms with Gasteiger partial charge in [-0.1, -0.05) is 11.7 Å². The molecule has 0 unspecified atom stereocenters. The van der Waals surface area contributed by atoms with Gasteiger partial charge < -0.3 is 10.6 Å². The Morgan fingerprint density at radius 3 is 2.69 bits per heavy atom. The molecule has 0 aliphatic rings. The lowest BCUT2D eigenvalue weighted by molar-refractivity contribution is 0.168. The molecule has 0 spiro atoms. The van der Waals surface area contributed by atoms with Crippen LogP contribution in [0.2, 0.25) is 0 Å². The van der Waals surface area contributed by atoms with Crippen molar-refractivity contribution in [3.8, 4) is 0 Å². The second kappa shape index (κ2) is 5.25. The van der Waals surface area contributed by atoms with E-state index in [1.165, 1.54) is 6.07 Å². The number of rotatable bonds is 4. The van der Waals surface area contributed by atoms with Gasteiger partial charge in [-0.15, -0.1) is 0 Å². The van der Waals surface area contributed by atoms with Crippen LogP contribution < -0.4 is 5.73 Å². The Morgan fingerprint density at radius 1 is 1.44 bits per heavy atom. The van der Waals surface area contributed by atoms with Crippen molar-refractivity contribution in [1.82, 2.24) is 0 Å². The number of oxime groups is 1. The van der Waals surface area contributed by atoms with Crippen molar-refractivity contribution in [2.75, 3.05) is 6.61 Å². The largest absolute Gasteiger partial charge is 0.390 e. The van der Waals surface area contributed by atoms with Crippen molar-refractivity contribution >= 4 is 5.84 Å². The molecule has 0 aliphatic carbocycles. The van der Waals surface area contributed by atoms with Crippen molar-refractivity contribution in [3.63, 3.8) is 0 Å². The fourth-order valence-electron chi connectivity index (χ4n) is 0.920. The van der Waals surface area contributed by atoms with Gasteiger partial charge in [-0.3, -0.25) is 0 Å². The fraction of sp³-hybridized carbons (Fsp3) is 0.182. The molecule has 86 valence electrons. The molecule has 1 aromatic rings. The van der Waals surface area contributed by atoms with E-state index < -0.39 is 11.6 Å². The van der Waals surface area contributed by atoms with Crippen LogP contribution in [-0.4, -0.2) is 12.4 Å². The Labute approximate surface area is 92.2 Å². The Bertz CT molecular complexity index is 430. The second-order valence-electron chi connectivity index (χ2n) is 3.34. The van der Waals surface area contributed by atoms with E-state index in [1.807, 2.05) is 0 Å². The SMILES string of the molecule is C=C(C)CON=C(N)c1ccc(F)c(F)c1. The van der Waals surface area contributed by atoms with Crippen molar-refractivity contribution < 1.29 is 13.6 Å². The summed E-state index contributed by atoms with van der Waals surface area (Å²) in [6, 6.07) is 3.26. The number of amidine groups is 1. The minimum atomic E-state index is -0.976. The fourth-order valence-corrected chi connectivity index (χ4v) is 0.920. The van der Waals surface area contributed by atoms with Gasteiger partial charge in [0.05, 0.1) is 0 Å². The zero-order valence-corrected chi connectivity index (χ0v) is 8.84. The molecule has 3 nitrogen and oxygen atoms in total. The highest BCUT2D eigenvalue weighted by Gasteiger charge is 2.05. The van der Waals surface area contributed by atoms with Crippen LogP contribution in [0, 0.1) is 11.6 Å². The van der Waals surface area contributed by atoms with Gasteiger partial charge in [0.1, 0.15) is 6.61 Å². The molecule has 2 N–H and O–H groups in total. The van der Waals surface area contributed by atoms with Crippen molar-refractivity contribution in [1.29, 1.82) is 0 Å². The smallest absolute Gasteiger partial charge is 0.170 e. The molecule has 0 radical (unpaired) electrons. The van der Waals surface area contributed by atoms with Gasteiger partial charge in [-0.25, -0.2) is 8.78 Å². The lowest BCUT2D eigenvalue weighted by Crippen LogP contribution is -2.14. The van der Waals surface area contributed by atoms with Crippen molar-refractivity contribution in [2.45, 2.75) is 6.92 Å². The van der Waals surface area contributed by atoms with Crippen LogP contribution in [0.5, 0.6) is 0 Å². The normalized spacial score (nSPS) is 11.3. The zero-order chi connectivity index (χ0) is 12.1. The third kappa shape index (κ3) is 3.34. The van der Waals surface area contributed by atoms with Crippen LogP contribution in [0.1, 0.15) is 12.5 Å². The molecule has 1 rings (SSSR count). The summed E-state index contributed by atoms with van der Waals surface area (Å²) >= 11 is 0. The van der Waals surface area contributed by atoms with Gasteiger partial charge in [-0.05, 0) is 30.7 Å². The molecule has 0 heterocycles. The first-order chi connectivity index (χ1) is 7.50. The van der Waals surface area contributed by atoms with E-state index >= 15 is 0 Å². The van der Waals surface area contributed by atoms with E-state index in [4.69, 9.17) is 10.6 Å². The van der Waals surface area contributed by atoms with Crippen molar-refractivity contribution in [2.24, 2.45) is 10.9 Å². The first-order valence-corrected chi connectivity index (χ1v) is 4.56. The van der Waals surface area contributed by atoms with Crippen LogP contribution >= 0.6 is 0 Å². The van der Waals surface area contributed by atoms with Crippen LogP contribution in [0.3, 0.4) is 0 Å². The number of nitrogens with two attached hydrogens (primary N) is 1. The maximum absolute atomic E-state index is 12.8. The van der Waals surface area contributed by atoms with E-state index in [0.29, 0.717) is 0 Å². The molecule has 0 aromatic heterocycles. The zero-order valence-electron chi connectivity index (χ0n) is 8.84. The van der Waals surface area contributed by atoms with Crippen LogP contribution in [0.4, 0.5) is 8.78 Å². The summed E-state index contributed by atoms with van der Waals surface area (Å²) in [5, 5.41) is 3.55. The lowest BCUT2D eigenvalue weighted by Gasteiger charge is -2.02. The Hall–Kier alpha value is -1.91. The maximum atomic E-state index is 12.8. The Kier molecular flexibility index (Phi) is 3.99. The van der Waals surface area contributed by atoms with Crippen LogP contribution in [0.15, 0.2) is 35.5 Å². The quantitative estimate of drug-likeness (QED) is 0.370. The first-order valence-electron chi connectivity index (χ1n) is 4.56. The molecule has 16 heavy (non-hydrogen) atoms. The van der Waals surface area contributed by atoms with Gasteiger partial charge >= 0.3 is 0 Å². The predicted octanol–water partition coefficient (Wildman–Crippen LogP) is 2.18. The minimum absolute atomic E-state index is 0.0137. The summed E-state index contributed by atoms with van der Waals surface area (Å²) < 4.78 is 25.5. The Morgan fingerprint density at radius 2 is 2.12 bits per heavy atom. The van der Waals surface area contributed by atoms with Gasteiger partial charge in [0.2, 0.25) is 0 Å². The molecule has 1 aromatic carbocycles. The molecule has 0 bridgehead atoms. The molecule has 0 saturated carbocycles. The van der Waals surface area contributed by atoms with Gasteiger partial charge in [0, 0.05) is 5.56 Å². The van der Waals surface area contributed by atoms with E-state index in [1.54, 1.807) is 6.92 Å². The van der Waals surface area contributed by atoms with E-state index in [0.717, 1.165) is 17.7 Å². The lowest BCUT2D eigenvalue weighted by atomic mass is 10.2. The van der Waals surface area contributed by atoms with E-state index in [9.17, 15) is 8.78 Å². The number of hydrogen-bond donors (Lipinski definition) is 1. The number of hydrogen-bond acceptors (Lipinski definition) is 2. The number of halogens is 2. The molecule has 0 atom stereocenters. The molecule has 0 amide bonds. The third-order valence-electron chi connectivity index (χ3n) is 1.69. The molecular formula is C11H12F2N2O. The summed E-state index contributed by atoms with van der Waals surface area (Å²) in [7, 11) is 0. The highest BCUT2D eigenvalue weighted by atomic mass is 19.2. The summed E-state index contributed by atoms with van der Waals surface area (Å²) in [5.74, 6) is -1.92. The predicted molar refractivity (Wildman–Crippen MR) is 57.8 cm³/mol. The molecule has 0 aliphatic heterocycles.